The second kappa shape index (κ2) is 9.30. The lowest BCUT2D eigenvalue weighted by molar-refractivity contribution is 0.0956. The van der Waals surface area contributed by atoms with E-state index in [1.807, 2.05) is 48.5 Å². The van der Waals surface area contributed by atoms with E-state index in [1.165, 1.54) is 6.21 Å². The van der Waals surface area contributed by atoms with E-state index in [0.29, 0.717) is 25.8 Å². The third kappa shape index (κ3) is 4.87. The van der Waals surface area contributed by atoms with E-state index in [4.69, 9.17) is 4.98 Å². The highest BCUT2D eigenvalue weighted by molar-refractivity contribution is 9.11. The van der Waals surface area contributed by atoms with Crippen LogP contribution >= 0.6 is 47.8 Å². The van der Waals surface area contributed by atoms with Crippen LogP contribution in [-0.4, -0.2) is 22.2 Å². The monoisotopic (exact) mass is 601 g/mol. The van der Waals surface area contributed by atoms with E-state index < -0.39 is 0 Å². The summed E-state index contributed by atoms with van der Waals surface area (Å²) in [6.45, 7) is 0. The molecule has 0 saturated carbocycles. The molecule has 1 aromatic heterocycles. The fraction of sp³-hybridized carbons (Fsp3) is 0. The SMILES string of the molecule is O=C(NN=Cc1cc(Br)c(O)c(Br)c1)c1cc(-c2ccc(Br)cc2)nc2ccccc12. The Bertz CT molecular complexity index is 1300. The molecule has 0 spiro atoms. The fourth-order valence-electron chi connectivity index (χ4n) is 3.02. The van der Waals surface area contributed by atoms with E-state index in [1.54, 1.807) is 18.2 Å². The number of hydrogen-bond acceptors (Lipinski definition) is 4. The van der Waals surface area contributed by atoms with Gasteiger partial charge in [-0.1, -0.05) is 46.3 Å². The standard InChI is InChI=1S/C23H14Br3N3O2/c24-15-7-5-14(6-8-15)21-11-17(16-3-1-2-4-20(16)28-21)23(31)29-27-12-13-9-18(25)22(30)19(26)10-13/h1-12,30H,(H,29,31). The molecule has 8 heteroatoms. The van der Waals surface area contributed by atoms with E-state index in [-0.39, 0.29) is 11.7 Å². The number of benzene rings is 3. The number of rotatable bonds is 4. The highest BCUT2D eigenvalue weighted by Crippen LogP contribution is 2.33. The number of aromatic nitrogens is 1. The van der Waals surface area contributed by atoms with Crippen molar-refractivity contribution in [2.75, 3.05) is 0 Å². The molecule has 0 radical (unpaired) electrons. The molecule has 0 aliphatic heterocycles. The van der Waals surface area contributed by atoms with Gasteiger partial charge in [-0.2, -0.15) is 5.10 Å². The van der Waals surface area contributed by atoms with Crippen molar-refractivity contribution in [2.45, 2.75) is 0 Å². The van der Waals surface area contributed by atoms with Gasteiger partial charge >= 0.3 is 0 Å². The van der Waals surface area contributed by atoms with Crippen molar-refractivity contribution in [3.8, 4) is 17.0 Å². The molecule has 0 aliphatic rings. The molecular weight excluding hydrogens is 590 g/mol. The lowest BCUT2D eigenvalue weighted by Gasteiger charge is -2.09. The van der Waals surface area contributed by atoms with Gasteiger partial charge in [-0.15, -0.1) is 0 Å². The lowest BCUT2D eigenvalue weighted by atomic mass is 10.0. The number of phenolic OH excluding ortho intramolecular Hbond substituents is 1. The number of hydrazone groups is 1. The number of carbonyl (C=O) groups excluding carboxylic acids is 1. The molecule has 0 bridgehead atoms. The Hall–Kier alpha value is -2.55. The highest BCUT2D eigenvalue weighted by Gasteiger charge is 2.13. The van der Waals surface area contributed by atoms with Crippen molar-refractivity contribution in [1.82, 2.24) is 10.4 Å². The zero-order valence-corrected chi connectivity index (χ0v) is 20.6. The summed E-state index contributed by atoms with van der Waals surface area (Å²) in [7, 11) is 0. The summed E-state index contributed by atoms with van der Waals surface area (Å²) in [4.78, 5) is 17.7. The Kier molecular flexibility index (Phi) is 6.50. The molecule has 4 aromatic rings. The Morgan fingerprint density at radius 2 is 1.65 bits per heavy atom. The third-order valence-electron chi connectivity index (χ3n) is 4.52. The zero-order chi connectivity index (χ0) is 22.0. The number of hydrogen-bond donors (Lipinski definition) is 2. The highest BCUT2D eigenvalue weighted by atomic mass is 79.9. The van der Waals surface area contributed by atoms with Crippen molar-refractivity contribution in [3.63, 3.8) is 0 Å². The number of para-hydroxylation sites is 1. The predicted molar refractivity (Wildman–Crippen MR) is 133 cm³/mol. The number of phenols is 1. The summed E-state index contributed by atoms with van der Waals surface area (Å²) in [5.41, 5.74) is 6.10. The number of fused-ring (bicyclic) bond motifs is 1. The van der Waals surface area contributed by atoms with Gasteiger partial charge in [0.25, 0.3) is 5.91 Å². The molecule has 1 heterocycles. The van der Waals surface area contributed by atoms with Gasteiger partial charge in [0.05, 0.1) is 31.9 Å². The van der Waals surface area contributed by atoms with Crippen molar-refractivity contribution in [1.29, 1.82) is 0 Å². The summed E-state index contributed by atoms with van der Waals surface area (Å²) in [5, 5.41) is 14.6. The summed E-state index contributed by atoms with van der Waals surface area (Å²) in [6.07, 6.45) is 1.51. The molecule has 0 fully saturated rings. The minimum Gasteiger partial charge on any atom is -0.506 e. The quantitative estimate of drug-likeness (QED) is 0.202. The van der Waals surface area contributed by atoms with Gasteiger partial charge in [0, 0.05) is 15.4 Å². The van der Waals surface area contributed by atoms with Crippen LogP contribution in [0.5, 0.6) is 5.75 Å². The number of aromatic hydroxyl groups is 1. The molecule has 31 heavy (non-hydrogen) atoms. The smallest absolute Gasteiger partial charge is 0.272 e. The molecule has 4 rings (SSSR count). The van der Waals surface area contributed by atoms with Gasteiger partial charge in [-0.3, -0.25) is 4.79 Å². The van der Waals surface area contributed by atoms with E-state index in [2.05, 4.69) is 58.3 Å². The van der Waals surface area contributed by atoms with Gasteiger partial charge < -0.3 is 5.11 Å². The molecular formula is C23H14Br3N3O2. The number of pyridine rings is 1. The van der Waals surface area contributed by atoms with Crippen LogP contribution in [0.1, 0.15) is 15.9 Å². The van der Waals surface area contributed by atoms with Gasteiger partial charge in [0.1, 0.15) is 5.75 Å². The third-order valence-corrected chi connectivity index (χ3v) is 6.26. The summed E-state index contributed by atoms with van der Waals surface area (Å²) in [6, 6.07) is 20.4. The number of amides is 1. The van der Waals surface area contributed by atoms with Crippen molar-refractivity contribution in [2.24, 2.45) is 5.10 Å². The van der Waals surface area contributed by atoms with E-state index in [0.717, 1.165) is 20.9 Å². The van der Waals surface area contributed by atoms with Crippen molar-refractivity contribution in [3.05, 3.63) is 91.3 Å². The first-order valence-corrected chi connectivity index (χ1v) is 11.5. The van der Waals surface area contributed by atoms with E-state index in [9.17, 15) is 9.90 Å². The van der Waals surface area contributed by atoms with Gasteiger partial charge in [-0.05, 0) is 73.8 Å². The molecule has 2 N–H and O–H groups in total. The Morgan fingerprint density at radius 1 is 0.968 bits per heavy atom. The number of nitrogens with one attached hydrogen (secondary N) is 1. The average Bonchev–Trinajstić information content (AvgIpc) is 2.77. The van der Waals surface area contributed by atoms with Crippen LogP contribution in [0.25, 0.3) is 22.2 Å². The van der Waals surface area contributed by atoms with Crippen molar-refractivity contribution >= 4 is 70.8 Å². The van der Waals surface area contributed by atoms with Crippen molar-refractivity contribution < 1.29 is 9.90 Å². The first-order valence-electron chi connectivity index (χ1n) is 9.09. The predicted octanol–water partition coefficient (Wildman–Crippen LogP) is 6.66. The molecule has 154 valence electrons. The molecule has 0 aliphatic carbocycles. The number of halogens is 3. The molecule has 1 amide bonds. The summed E-state index contributed by atoms with van der Waals surface area (Å²) >= 11 is 9.99. The maximum Gasteiger partial charge on any atom is 0.272 e. The Labute approximate surface area is 203 Å². The first kappa shape index (κ1) is 21.7. The molecule has 0 saturated heterocycles. The number of nitrogens with zero attached hydrogens (tertiary/aromatic N) is 2. The van der Waals surface area contributed by atoms with Crippen LogP contribution in [0.2, 0.25) is 0 Å². The maximum absolute atomic E-state index is 13.0. The van der Waals surface area contributed by atoms with Gasteiger partial charge in [0.2, 0.25) is 0 Å². The normalized spacial score (nSPS) is 11.2. The van der Waals surface area contributed by atoms with Crippen LogP contribution in [0.15, 0.2) is 85.2 Å². The minimum absolute atomic E-state index is 0.102. The zero-order valence-electron chi connectivity index (χ0n) is 15.8. The largest absolute Gasteiger partial charge is 0.506 e. The second-order valence-electron chi connectivity index (χ2n) is 6.61. The van der Waals surface area contributed by atoms with Crippen LogP contribution in [0, 0.1) is 0 Å². The Balaban J connectivity index is 1.66. The van der Waals surface area contributed by atoms with E-state index >= 15 is 0 Å². The first-order chi connectivity index (χ1) is 14.9. The lowest BCUT2D eigenvalue weighted by Crippen LogP contribution is -2.18. The molecule has 0 atom stereocenters. The topological polar surface area (TPSA) is 74.6 Å². The summed E-state index contributed by atoms with van der Waals surface area (Å²) < 4.78 is 2.01. The average molecular weight is 604 g/mol. The van der Waals surface area contributed by atoms with Crippen LogP contribution in [0.4, 0.5) is 0 Å². The Morgan fingerprint density at radius 3 is 2.35 bits per heavy atom. The molecule has 5 nitrogen and oxygen atoms in total. The van der Waals surface area contributed by atoms with Crippen LogP contribution < -0.4 is 5.43 Å². The molecule has 0 unspecified atom stereocenters. The summed E-state index contributed by atoms with van der Waals surface area (Å²) in [5.74, 6) is -0.241. The minimum atomic E-state index is -0.342. The molecule has 3 aromatic carbocycles. The fourth-order valence-corrected chi connectivity index (χ4v) is 4.50. The maximum atomic E-state index is 13.0. The second-order valence-corrected chi connectivity index (χ2v) is 9.24. The van der Waals surface area contributed by atoms with Crippen LogP contribution in [0.3, 0.4) is 0 Å². The van der Waals surface area contributed by atoms with Gasteiger partial charge in [0.15, 0.2) is 0 Å². The van der Waals surface area contributed by atoms with Gasteiger partial charge in [-0.25, -0.2) is 10.4 Å². The van der Waals surface area contributed by atoms with Crippen LogP contribution in [-0.2, 0) is 0 Å². The number of carbonyl (C=O) groups is 1.